The van der Waals surface area contributed by atoms with Crippen LogP contribution < -0.4 is 5.32 Å². The zero-order valence-corrected chi connectivity index (χ0v) is 15.7. The van der Waals surface area contributed by atoms with Crippen LogP contribution in [0.2, 0.25) is 0 Å². The standard InChI is InChI=1S/C20H17N3O3S/c1-12-16-9-13(11-21)10-17(14-3-5-15(6-4-14)27(2,25)26)19(16)23-8-7-22-20(24)18(12)23/h3-6,9-10H,7-8H2,1-2H3,(H,22,24). The van der Waals surface area contributed by atoms with Crippen LogP contribution >= 0.6 is 0 Å². The third kappa shape index (κ3) is 2.69. The van der Waals surface area contributed by atoms with E-state index in [0.717, 1.165) is 27.6 Å². The highest BCUT2D eigenvalue weighted by Crippen LogP contribution is 2.36. The van der Waals surface area contributed by atoms with Gasteiger partial charge in [0, 0.05) is 30.3 Å². The minimum Gasteiger partial charge on any atom is -0.349 e. The summed E-state index contributed by atoms with van der Waals surface area (Å²) >= 11 is 0. The van der Waals surface area contributed by atoms with Crippen LogP contribution in [0.3, 0.4) is 0 Å². The molecule has 7 heteroatoms. The Balaban J connectivity index is 2.04. The maximum atomic E-state index is 12.4. The number of carbonyl (C=O) groups is 1. The lowest BCUT2D eigenvalue weighted by molar-refractivity contribution is 0.0928. The molecule has 2 heterocycles. The Kier molecular flexibility index (Phi) is 3.82. The van der Waals surface area contributed by atoms with Gasteiger partial charge < -0.3 is 9.88 Å². The van der Waals surface area contributed by atoms with E-state index in [0.29, 0.717) is 24.3 Å². The van der Waals surface area contributed by atoms with Crippen LogP contribution in [-0.4, -0.2) is 31.7 Å². The monoisotopic (exact) mass is 379 g/mol. The topological polar surface area (TPSA) is 92.0 Å². The van der Waals surface area contributed by atoms with E-state index in [1.54, 1.807) is 36.4 Å². The Morgan fingerprint density at radius 1 is 1.19 bits per heavy atom. The van der Waals surface area contributed by atoms with Gasteiger partial charge in [-0.2, -0.15) is 5.26 Å². The van der Waals surface area contributed by atoms with Crippen LogP contribution in [0.1, 0.15) is 21.6 Å². The molecule has 0 spiro atoms. The molecule has 0 aliphatic carbocycles. The minimum atomic E-state index is -3.29. The summed E-state index contributed by atoms with van der Waals surface area (Å²) in [4.78, 5) is 12.6. The summed E-state index contributed by atoms with van der Waals surface area (Å²) in [5.74, 6) is -0.119. The van der Waals surface area contributed by atoms with Gasteiger partial charge >= 0.3 is 0 Å². The highest BCUT2D eigenvalue weighted by atomic mass is 32.2. The number of fused-ring (bicyclic) bond motifs is 3. The number of carbonyl (C=O) groups excluding carboxylic acids is 1. The molecule has 0 fully saturated rings. The second-order valence-electron chi connectivity index (χ2n) is 6.71. The average Bonchev–Trinajstić information content (AvgIpc) is 2.94. The Morgan fingerprint density at radius 2 is 1.89 bits per heavy atom. The molecule has 0 saturated heterocycles. The SMILES string of the molecule is Cc1c2n(c3c(-c4ccc(S(C)(=O)=O)cc4)cc(C#N)cc13)CCNC2=O. The Labute approximate surface area is 157 Å². The van der Waals surface area contributed by atoms with Crippen molar-refractivity contribution in [2.24, 2.45) is 0 Å². The Bertz CT molecular complexity index is 1250. The largest absolute Gasteiger partial charge is 0.349 e. The van der Waals surface area contributed by atoms with Crippen molar-refractivity contribution in [2.45, 2.75) is 18.4 Å². The van der Waals surface area contributed by atoms with E-state index in [1.165, 1.54) is 6.26 Å². The number of nitriles is 1. The van der Waals surface area contributed by atoms with E-state index in [9.17, 15) is 18.5 Å². The summed E-state index contributed by atoms with van der Waals surface area (Å²) in [6.07, 6.45) is 1.17. The predicted octanol–water partition coefficient (Wildman–Crippen LogP) is 2.64. The molecule has 3 aromatic rings. The first kappa shape index (κ1) is 17.3. The number of hydrogen-bond acceptors (Lipinski definition) is 4. The molecule has 4 rings (SSSR count). The predicted molar refractivity (Wildman–Crippen MR) is 102 cm³/mol. The molecule has 1 aliphatic rings. The molecule has 0 unspecified atom stereocenters. The molecule has 6 nitrogen and oxygen atoms in total. The van der Waals surface area contributed by atoms with Crippen molar-refractivity contribution in [3.05, 3.63) is 53.2 Å². The minimum absolute atomic E-state index is 0.119. The maximum absolute atomic E-state index is 12.4. The van der Waals surface area contributed by atoms with Gasteiger partial charge in [-0.25, -0.2) is 8.42 Å². The van der Waals surface area contributed by atoms with Gasteiger partial charge in [0.05, 0.1) is 22.0 Å². The van der Waals surface area contributed by atoms with Gasteiger partial charge in [-0.15, -0.1) is 0 Å². The molecular weight excluding hydrogens is 362 g/mol. The molecule has 136 valence electrons. The second-order valence-corrected chi connectivity index (χ2v) is 8.73. The van der Waals surface area contributed by atoms with Crippen LogP contribution in [0.15, 0.2) is 41.3 Å². The van der Waals surface area contributed by atoms with Crippen LogP contribution in [0.4, 0.5) is 0 Å². The van der Waals surface area contributed by atoms with E-state index in [2.05, 4.69) is 11.4 Å². The van der Waals surface area contributed by atoms with Gasteiger partial charge in [-0.1, -0.05) is 12.1 Å². The van der Waals surface area contributed by atoms with Gasteiger partial charge in [0.1, 0.15) is 5.69 Å². The highest BCUT2D eigenvalue weighted by molar-refractivity contribution is 7.90. The number of sulfone groups is 1. The molecule has 1 aliphatic heterocycles. The number of benzene rings is 2. The first-order valence-corrected chi connectivity index (χ1v) is 10.4. The number of hydrogen-bond donors (Lipinski definition) is 1. The molecule has 0 atom stereocenters. The van der Waals surface area contributed by atoms with E-state index in [-0.39, 0.29) is 10.8 Å². The smallest absolute Gasteiger partial charge is 0.268 e. The molecule has 2 aromatic carbocycles. The van der Waals surface area contributed by atoms with E-state index < -0.39 is 9.84 Å². The van der Waals surface area contributed by atoms with E-state index in [4.69, 9.17) is 0 Å². The van der Waals surface area contributed by atoms with Crippen molar-refractivity contribution in [1.82, 2.24) is 9.88 Å². The lowest BCUT2D eigenvalue weighted by Gasteiger charge is -2.18. The van der Waals surface area contributed by atoms with Crippen LogP contribution in [0, 0.1) is 18.3 Å². The van der Waals surface area contributed by atoms with Gasteiger partial charge in [0.25, 0.3) is 5.91 Å². The number of aromatic nitrogens is 1. The zero-order valence-electron chi connectivity index (χ0n) is 14.9. The van der Waals surface area contributed by atoms with Crippen molar-refractivity contribution in [2.75, 3.05) is 12.8 Å². The second kappa shape index (κ2) is 5.96. The molecule has 0 bridgehead atoms. The van der Waals surface area contributed by atoms with Crippen molar-refractivity contribution in [1.29, 1.82) is 5.26 Å². The quantitative estimate of drug-likeness (QED) is 0.741. The lowest BCUT2D eigenvalue weighted by atomic mass is 9.99. The fourth-order valence-corrected chi connectivity index (χ4v) is 4.33. The van der Waals surface area contributed by atoms with Crippen molar-refractivity contribution >= 4 is 26.6 Å². The first-order valence-electron chi connectivity index (χ1n) is 8.47. The van der Waals surface area contributed by atoms with Gasteiger partial charge in [-0.05, 0) is 42.3 Å². The Morgan fingerprint density at radius 3 is 2.52 bits per heavy atom. The third-order valence-electron chi connectivity index (χ3n) is 4.97. The third-order valence-corrected chi connectivity index (χ3v) is 6.10. The molecule has 27 heavy (non-hydrogen) atoms. The van der Waals surface area contributed by atoms with Gasteiger partial charge in [-0.3, -0.25) is 4.79 Å². The van der Waals surface area contributed by atoms with E-state index >= 15 is 0 Å². The summed E-state index contributed by atoms with van der Waals surface area (Å²) in [5, 5.41) is 13.2. The first-order chi connectivity index (χ1) is 12.8. The van der Waals surface area contributed by atoms with Gasteiger partial charge in [0.2, 0.25) is 0 Å². The summed E-state index contributed by atoms with van der Waals surface area (Å²) in [5.41, 5.74) is 4.46. The molecule has 0 radical (unpaired) electrons. The van der Waals surface area contributed by atoms with Crippen LogP contribution in [0.25, 0.3) is 22.0 Å². The summed E-state index contributed by atoms with van der Waals surface area (Å²) < 4.78 is 25.5. The van der Waals surface area contributed by atoms with E-state index in [1.807, 2.05) is 11.5 Å². The average molecular weight is 379 g/mol. The normalized spacial score (nSPS) is 13.9. The maximum Gasteiger partial charge on any atom is 0.268 e. The number of nitrogens with zero attached hydrogens (tertiary/aromatic N) is 2. The number of aryl methyl sites for hydroxylation is 1. The zero-order chi connectivity index (χ0) is 19.3. The summed E-state index contributed by atoms with van der Waals surface area (Å²) in [6, 6.07) is 12.4. The van der Waals surface area contributed by atoms with Crippen LogP contribution in [0.5, 0.6) is 0 Å². The fourth-order valence-electron chi connectivity index (χ4n) is 3.70. The Hall–Kier alpha value is -3.11. The molecule has 1 aromatic heterocycles. The summed E-state index contributed by atoms with van der Waals surface area (Å²) in [7, 11) is -3.29. The highest BCUT2D eigenvalue weighted by Gasteiger charge is 2.25. The molecule has 1 N–H and O–H groups in total. The van der Waals surface area contributed by atoms with Crippen molar-refractivity contribution in [3.63, 3.8) is 0 Å². The number of amides is 1. The van der Waals surface area contributed by atoms with Gasteiger partial charge in [0.15, 0.2) is 9.84 Å². The number of nitrogens with one attached hydrogen (secondary N) is 1. The number of rotatable bonds is 2. The fraction of sp³-hybridized carbons (Fsp3) is 0.200. The molecule has 1 amide bonds. The van der Waals surface area contributed by atoms with Crippen LogP contribution in [-0.2, 0) is 16.4 Å². The molecule has 0 saturated carbocycles. The molecular formula is C20H17N3O3S. The summed E-state index contributed by atoms with van der Waals surface area (Å²) in [6.45, 7) is 3.07. The van der Waals surface area contributed by atoms with Crippen molar-refractivity contribution in [3.8, 4) is 17.2 Å². The lowest BCUT2D eigenvalue weighted by Crippen LogP contribution is -2.35. The van der Waals surface area contributed by atoms with Crippen molar-refractivity contribution < 1.29 is 13.2 Å².